The molecule has 13 heavy (non-hydrogen) atoms. The van der Waals surface area contributed by atoms with Gasteiger partial charge in [-0.1, -0.05) is 18.7 Å². The van der Waals surface area contributed by atoms with E-state index in [0.29, 0.717) is 0 Å². The number of rotatable bonds is 2. The number of aromatic nitrogens is 2. The molecule has 0 spiro atoms. The summed E-state index contributed by atoms with van der Waals surface area (Å²) in [7, 11) is 0. The van der Waals surface area contributed by atoms with Gasteiger partial charge in [-0.25, -0.2) is 4.98 Å². The fourth-order valence-corrected chi connectivity index (χ4v) is 2.89. The number of hydrogen-bond donors (Lipinski definition) is 1. The molecule has 2 rings (SSSR count). The summed E-state index contributed by atoms with van der Waals surface area (Å²) in [6, 6.07) is 0. The largest absolute Gasteiger partial charge is 0.301 e. The van der Waals surface area contributed by atoms with E-state index in [9.17, 15) is 4.79 Å². The van der Waals surface area contributed by atoms with Gasteiger partial charge in [0, 0.05) is 17.1 Å². The highest BCUT2D eigenvalue weighted by molar-refractivity contribution is 7.99. The first-order chi connectivity index (χ1) is 6.31. The van der Waals surface area contributed by atoms with Crippen molar-refractivity contribution in [2.24, 2.45) is 0 Å². The van der Waals surface area contributed by atoms with Crippen LogP contribution in [-0.2, 0) is 11.5 Å². The van der Waals surface area contributed by atoms with Crippen LogP contribution in [0.5, 0.6) is 0 Å². The molecule has 0 saturated carbocycles. The third-order valence-electron chi connectivity index (χ3n) is 1.85. The molecule has 2 heterocycles. The van der Waals surface area contributed by atoms with Gasteiger partial charge in [-0.3, -0.25) is 4.79 Å². The summed E-state index contributed by atoms with van der Waals surface area (Å²) in [5.41, 5.74) is 1.89. The maximum atomic E-state index is 11.5. The zero-order chi connectivity index (χ0) is 9.26. The summed E-state index contributed by atoms with van der Waals surface area (Å²) in [5, 5.41) is 0.758. The summed E-state index contributed by atoms with van der Waals surface area (Å²) >= 11 is 3.33. The Morgan fingerprint density at radius 3 is 3.23 bits per heavy atom. The second-order valence-corrected chi connectivity index (χ2v) is 4.96. The third kappa shape index (κ3) is 1.76. The SMILES string of the molecule is CCSc1nc2c(c(=O)[nH]1)CSC2. The van der Waals surface area contributed by atoms with Crippen LogP contribution < -0.4 is 5.56 Å². The first kappa shape index (κ1) is 9.15. The molecular formula is C8H10N2OS2. The van der Waals surface area contributed by atoms with Crippen LogP contribution in [0.3, 0.4) is 0 Å². The van der Waals surface area contributed by atoms with Crippen molar-refractivity contribution in [1.82, 2.24) is 9.97 Å². The first-order valence-corrected chi connectivity index (χ1v) is 6.28. The van der Waals surface area contributed by atoms with E-state index in [1.54, 1.807) is 23.5 Å². The quantitative estimate of drug-likeness (QED) is 0.600. The van der Waals surface area contributed by atoms with Crippen molar-refractivity contribution in [3.05, 3.63) is 21.6 Å². The lowest BCUT2D eigenvalue weighted by Crippen LogP contribution is -2.14. The lowest BCUT2D eigenvalue weighted by Gasteiger charge is -2.00. The zero-order valence-corrected chi connectivity index (χ0v) is 8.93. The van der Waals surface area contributed by atoms with E-state index in [2.05, 4.69) is 9.97 Å². The van der Waals surface area contributed by atoms with Crippen LogP contribution in [0.25, 0.3) is 0 Å². The van der Waals surface area contributed by atoms with E-state index in [1.807, 2.05) is 6.92 Å². The Hall–Kier alpha value is -0.420. The Kier molecular flexibility index (Phi) is 2.64. The Labute approximate surface area is 84.7 Å². The minimum absolute atomic E-state index is 0.0472. The number of H-pyrrole nitrogens is 1. The monoisotopic (exact) mass is 214 g/mol. The highest BCUT2D eigenvalue weighted by Crippen LogP contribution is 2.26. The molecule has 0 saturated heterocycles. The summed E-state index contributed by atoms with van der Waals surface area (Å²) in [6.07, 6.45) is 0. The molecule has 1 aliphatic rings. The average molecular weight is 214 g/mol. The molecule has 0 unspecified atom stereocenters. The van der Waals surface area contributed by atoms with Gasteiger partial charge in [-0.15, -0.1) is 0 Å². The first-order valence-electron chi connectivity index (χ1n) is 4.14. The van der Waals surface area contributed by atoms with E-state index in [1.165, 1.54) is 0 Å². The molecule has 3 nitrogen and oxygen atoms in total. The predicted octanol–water partition coefficient (Wildman–Crippen LogP) is 1.63. The summed E-state index contributed by atoms with van der Waals surface area (Å²) in [6.45, 7) is 2.05. The minimum atomic E-state index is 0.0472. The summed E-state index contributed by atoms with van der Waals surface area (Å²) < 4.78 is 0. The number of hydrogen-bond acceptors (Lipinski definition) is 4. The molecule has 1 aliphatic heterocycles. The van der Waals surface area contributed by atoms with Gasteiger partial charge in [0.2, 0.25) is 0 Å². The molecule has 0 atom stereocenters. The zero-order valence-electron chi connectivity index (χ0n) is 7.29. The Morgan fingerprint density at radius 2 is 2.46 bits per heavy atom. The van der Waals surface area contributed by atoms with Crippen LogP contribution in [0.15, 0.2) is 9.95 Å². The van der Waals surface area contributed by atoms with Crippen LogP contribution in [0.4, 0.5) is 0 Å². The van der Waals surface area contributed by atoms with Gasteiger partial charge in [-0.2, -0.15) is 11.8 Å². The van der Waals surface area contributed by atoms with Gasteiger partial charge in [-0.05, 0) is 5.75 Å². The van der Waals surface area contributed by atoms with Crippen molar-refractivity contribution in [1.29, 1.82) is 0 Å². The molecule has 1 N–H and O–H groups in total. The van der Waals surface area contributed by atoms with E-state index in [0.717, 1.165) is 33.7 Å². The smallest absolute Gasteiger partial charge is 0.255 e. The summed E-state index contributed by atoms with van der Waals surface area (Å²) in [5.74, 6) is 2.64. The highest BCUT2D eigenvalue weighted by atomic mass is 32.2. The van der Waals surface area contributed by atoms with E-state index < -0.39 is 0 Å². The Balaban J connectivity index is 2.44. The van der Waals surface area contributed by atoms with Crippen molar-refractivity contribution >= 4 is 23.5 Å². The molecule has 0 radical (unpaired) electrons. The van der Waals surface area contributed by atoms with E-state index in [-0.39, 0.29) is 5.56 Å². The van der Waals surface area contributed by atoms with Gasteiger partial charge < -0.3 is 4.98 Å². The normalized spacial score (nSPS) is 14.5. The lowest BCUT2D eigenvalue weighted by molar-refractivity contribution is 0.885. The highest BCUT2D eigenvalue weighted by Gasteiger charge is 2.17. The lowest BCUT2D eigenvalue weighted by atomic mass is 10.3. The van der Waals surface area contributed by atoms with Gasteiger partial charge in [0.25, 0.3) is 5.56 Å². The van der Waals surface area contributed by atoms with Crippen LogP contribution in [-0.4, -0.2) is 15.7 Å². The van der Waals surface area contributed by atoms with Crippen LogP contribution in [0.2, 0.25) is 0 Å². The van der Waals surface area contributed by atoms with Crippen molar-refractivity contribution in [3.8, 4) is 0 Å². The number of aromatic amines is 1. The predicted molar refractivity (Wildman–Crippen MR) is 56.3 cm³/mol. The maximum Gasteiger partial charge on any atom is 0.255 e. The fraction of sp³-hybridized carbons (Fsp3) is 0.500. The van der Waals surface area contributed by atoms with Crippen molar-refractivity contribution in [2.45, 2.75) is 23.6 Å². The van der Waals surface area contributed by atoms with E-state index >= 15 is 0 Å². The third-order valence-corrected chi connectivity index (χ3v) is 3.57. The van der Waals surface area contributed by atoms with Crippen molar-refractivity contribution in [2.75, 3.05) is 5.75 Å². The number of thioether (sulfide) groups is 2. The van der Waals surface area contributed by atoms with Crippen LogP contribution in [0, 0.1) is 0 Å². The molecule has 5 heteroatoms. The maximum absolute atomic E-state index is 11.5. The van der Waals surface area contributed by atoms with Crippen molar-refractivity contribution < 1.29 is 0 Å². The molecule has 0 amide bonds. The van der Waals surface area contributed by atoms with E-state index in [4.69, 9.17) is 0 Å². The van der Waals surface area contributed by atoms with Crippen molar-refractivity contribution in [3.63, 3.8) is 0 Å². The molecule has 70 valence electrons. The standard InChI is InChI=1S/C8H10N2OS2/c1-2-13-8-9-6-4-12-3-5(6)7(11)10-8/h2-4H2,1H3,(H,9,10,11). The molecule has 0 bridgehead atoms. The van der Waals surface area contributed by atoms with Gasteiger partial charge in [0.05, 0.1) is 5.69 Å². The van der Waals surface area contributed by atoms with Gasteiger partial charge in [0.1, 0.15) is 0 Å². The molecule has 0 fully saturated rings. The molecule has 1 aromatic rings. The van der Waals surface area contributed by atoms with Gasteiger partial charge in [0.15, 0.2) is 5.16 Å². The summed E-state index contributed by atoms with van der Waals surface area (Å²) in [4.78, 5) is 18.7. The Bertz CT molecular complexity index is 375. The number of nitrogens with zero attached hydrogens (tertiary/aromatic N) is 1. The van der Waals surface area contributed by atoms with Crippen LogP contribution in [0.1, 0.15) is 18.2 Å². The molecular weight excluding hydrogens is 204 g/mol. The average Bonchev–Trinajstić information content (AvgIpc) is 2.53. The topological polar surface area (TPSA) is 45.8 Å². The minimum Gasteiger partial charge on any atom is -0.301 e. The molecule has 0 aromatic carbocycles. The molecule has 0 aliphatic carbocycles. The van der Waals surface area contributed by atoms with Gasteiger partial charge >= 0.3 is 0 Å². The second kappa shape index (κ2) is 3.75. The van der Waals surface area contributed by atoms with Crippen LogP contribution >= 0.6 is 23.5 Å². The fourth-order valence-electron chi connectivity index (χ4n) is 1.24. The number of fused-ring (bicyclic) bond motifs is 1. The molecule has 1 aromatic heterocycles. The second-order valence-electron chi connectivity index (χ2n) is 2.72. The Morgan fingerprint density at radius 1 is 1.62 bits per heavy atom. The number of nitrogens with one attached hydrogen (secondary N) is 1.